The van der Waals surface area contributed by atoms with Gasteiger partial charge in [-0.2, -0.15) is 5.10 Å². The summed E-state index contributed by atoms with van der Waals surface area (Å²) in [6.45, 7) is 0.586. The lowest BCUT2D eigenvalue weighted by Crippen LogP contribution is -2.15. The molecule has 1 N–H and O–H groups in total. The molecule has 5 heteroatoms. The van der Waals surface area contributed by atoms with Crippen LogP contribution in [0.25, 0.3) is 0 Å². The summed E-state index contributed by atoms with van der Waals surface area (Å²) >= 11 is 3.34. The van der Waals surface area contributed by atoms with Crippen LogP contribution in [0.2, 0.25) is 0 Å². The Kier molecular flexibility index (Phi) is 1.29. The zero-order chi connectivity index (χ0) is 8.01. The Morgan fingerprint density at radius 3 is 3.09 bits per heavy atom. The molecule has 1 aliphatic heterocycles. The van der Waals surface area contributed by atoms with Crippen molar-refractivity contribution < 1.29 is 4.79 Å². The fourth-order valence-corrected chi connectivity index (χ4v) is 1.55. The topological polar surface area (TPSA) is 46.9 Å². The maximum absolute atomic E-state index is 11.0. The van der Waals surface area contributed by atoms with Crippen LogP contribution < -0.4 is 5.32 Å². The van der Waals surface area contributed by atoms with Gasteiger partial charge in [-0.05, 0) is 15.9 Å². The molecule has 0 saturated heterocycles. The monoisotopic (exact) mass is 215 g/mol. The molecule has 11 heavy (non-hydrogen) atoms. The first-order valence-corrected chi connectivity index (χ1v) is 3.99. The number of carbonyl (C=O) groups is 1. The molecule has 0 aliphatic carbocycles. The molecule has 0 bridgehead atoms. The van der Waals surface area contributed by atoms with Gasteiger partial charge in [0.2, 0.25) is 0 Å². The van der Waals surface area contributed by atoms with Crippen LogP contribution in [0.1, 0.15) is 16.1 Å². The number of fused-ring (bicyclic) bond motifs is 1. The molecule has 1 aromatic rings. The number of halogens is 1. The zero-order valence-corrected chi connectivity index (χ0v) is 7.47. The highest BCUT2D eigenvalue weighted by atomic mass is 79.9. The quantitative estimate of drug-likeness (QED) is 0.683. The van der Waals surface area contributed by atoms with Gasteiger partial charge in [0.1, 0.15) is 4.60 Å². The van der Waals surface area contributed by atoms with E-state index in [9.17, 15) is 4.79 Å². The van der Waals surface area contributed by atoms with E-state index in [0.29, 0.717) is 12.2 Å². The van der Waals surface area contributed by atoms with Crippen LogP contribution in [0.15, 0.2) is 4.60 Å². The van der Waals surface area contributed by atoms with Crippen LogP contribution in [-0.2, 0) is 13.6 Å². The van der Waals surface area contributed by atoms with Crippen LogP contribution >= 0.6 is 15.9 Å². The average Bonchev–Trinajstić information content (AvgIpc) is 2.43. The summed E-state index contributed by atoms with van der Waals surface area (Å²) in [5.41, 5.74) is 1.50. The van der Waals surface area contributed by atoms with Crippen molar-refractivity contribution in [1.82, 2.24) is 15.1 Å². The molecule has 58 valence electrons. The molecule has 4 nitrogen and oxygen atoms in total. The van der Waals surface area contributed by atoms with E-state index in [1.54, 1.807) is 11.7 Å². The van der Waals surface area contributed by atoms with Crippen LogP contribution in [0.3, 0.4) is 0 Å². The molecular weight excluding hydrogens is 210 g/mol. The molecular formula is C6H6BrN3O. The minimum atomic E-state index is -0.0821. The Morgan fingerprint density at radius 1 is 1.73 bits per heavy atom. The molecule has 0 fully saturated rings. The number of carbonyl (C=O) groups excluding carboxylic acids is 1. The summed E-state index contributed by atoms with van der Waals surface area (Å²) in [6, 6.07) is 0. The second-order valence-electron chi connectivity index (χ2n) is 2.42. The van der Waals surface area contributed by atoms with Gasteiger partial charge >= 0.3 is 0 Å². The summed E-state index contributed by atoms with van der Waals surface area (Å²) in [5.74, 6) is -0.0821. The van der Waals surface area contributed by atoms with E-state index in [1.807, 2.05) is 0 Å². The predicted molar refractivity (Wildman–Crippen MR) is 42.1 cm³/mol. The van der Waals surface area contributed by atoms with Gasteiger partial charge in [0.25, 0.3) is 5.91 Å². The Bertz CT molecular complexity index is 331. The maximum Gasteiger partial charge on any atom is 0.272 e. The molecule has 2 rings (SSSR count). The maximum atomic E-state index is 11.0. The second-order valence-corrected chi connectivity index (χ2v) is 3.18. The molecule has 0 aromatic carbocycles. The van der Waals surface area contributed by atoms with Crippen molar-refractivity contribution in [3.63, 3.8) is 0 Å². The molecule has 0 spiro atoms. The van der Waals surface area contributed by atoms with Crippen molar-refractivity contribution in [3.05, 3.63) is 15.9 Å². The van der Waals surface area contributed by atoms with Crippen molar-refractivity contribution in [3.8, 4) is 0 Å². The third-order valence-electron chi connectivity index (χ3n) is 1.71. The van der Waals surface area contributed by atoms with Gasteiger partial charge in [-0.3, -0.25) is 9.48 Å². The van der Waals surface area contributed by atoms with Crippen LogP contribution in [0, 0.1) is 0 Å². The number of nitrogens with one attached hydrogen (secondary N) is 1. The van der Waals surface area contributed by atoms with Gasteiger partial charge in [0, 0.05) is 19.2 Å². The Balaban J connectivity index is 2.66. The van der Waals surface area contributed by atoms with E-state index in [0.717, 1.165) is 10.2 Å². The highest BCUT2D eigenvalue weighted by molar-refractivity contribution is 9.10. The van der Waals surface area contributed by atoms with Gasteiger partial charge in [-0.25, -0.2) is 0 Å². The van der Waals surface area contributed by atoms with Gasteiger partial charge in [0.15, 0.2) is 5.69 Å². The fourth-order valence-electron chi connectivity index (χ4n) is 1.14. The summed E-state index contributed by atoms with van der Waals surface area (Å²) in [7, 11) is 1.80. The third-order valence-corrected chi connectivity index (χ3v) is 2.70. The molecule has 0 atom stereocenters. The first-order valence-electron chi connectivity index (χ1n) is 3.19. The number of aromatic nitrogens is 2. The first kappa shape index (κ1) is 6.84. The van der Waals surface area contributed by atoms with Gasteiger partial charge < -0.3 is 5.32 Å². The lowest BCUT2D eigenvalue weighted by atomic mass is 10.3. The van der Waals surface area contributed by atoms with Crippen molar-refractivity contribution >= 4 is 21.8 Å². The van der Waals surface area contributed by atoms with E-state index in [4.69, 9.17) is 0 Å². The molecule has 1 aliphatic rings. The minimum absolute atomic E-state index is 0.0821. The van der Waals surface area contributed by atoms with Gasteiger partial charge in [0.05, 0.1) is 0 Å². The van der Waals surface area contributed by atoms with Gasteiger partial charge in [-0.15, -0.1) is 0 Å². The van der Waals surface area contributed by atoms with Crippen molar-refractivity contribution in [1.29, 1.82) is 0 Å². The Labute approximate surface area is 71.7 Å². The highest BCUT2D eigenvalue weighted by Crippen LogP contribution is 2.22. The number of aryl methyl sites for hydroxylation is 1. The van der Waals surface area contributed by atoms with Crippen LogP contribution in [-0.4, -0.2) is 15.7 Å². The normalized spacial score (nSPS) is 14.9. The fraction of sp³-hybridized carbons (Fsp3) is 0.333. The highest BCUT2D eigenvalue weighted by Gasteiger charge is 2.25. The molecule has 2 heterocycles. The van der Waals surface area contributed by atoms with E-state index in [1.165, 1.54) is 0 Å². The van der Waals surface area contributed by atoms with Crippen LogP contribution in [0.5, 0.6) is 0 Å². The minimum Gasteiger partial charge on any atom is -0.346 e. The lowest BCUT2D eigenvalue weighted by molar-refractivity contribution is 0.0960. The molecule has 0 unspecified atom stereocenters. The summed E-state index contributed by atoms with van der Waals surface area (Å²) < 4.78 is 2.54. The average molecular weight is 216 g/mol. The smallest absolute Gasteiger partial charge is 0.272 e. The number of hydrogen-bond donors (Lipinski definition) is 1. The Morgan fingerprint density at radius 2 is 2.45 bits per heavy atom. The number of nitrogens with zero attached hydrogens (tertiary/aromatic N) is 2. The summed E-state index contributed by atoms with van der Waals surface area (Å²) in [4.78, 5) is 11.0. The standard InChI is InChI=1S/C6H6BrN3O/c1-10-5(7)3-2-8-6(11)4(3)9-10/h2H2,1H3,(H,8,11). The summed E-state index contributed by atoms with van der Waals surface area (Å²) in [6.07, 6.45) is 0. The molecule has 1 amide bonds. The predicted octanol–water partition coefficient (Wildman–Crippen LogP) is 0.426. The summed E-state index contributed by atoms with van der Waals surface area (Å²) in [5, 5.41) is 6.72. The van der Waals surface area contributed by atoms with E-state index < -0.39 is 0 Å². The van der Waals surface area contributed by atoms with E-state index >= 15 is 0 Å². The lowest BCUT2D eigenvalue weighted by Gasteiger charge is -1.94. The van der Waals surface area contributed by atoms with Crippen LogP contribution in [0.4, 0.5) is 0 Å². The third kappa shape index (κ3) is 0.805. The molecule has 0 radical (unpaired) electrons. The van der Waals surface area contributed by atoms with Gasteiger partial charge in [-0.1, -0.05) is 0 Å². The van der Waals surface area contributed by atoms with Crippen molar-refractivity contribution in [2.45, 2.75) is 6.54 Å². The Hall–Kier alpha value is -0.840. The van der Waals surface area contributed by atoms with E-state index in [2.05, 4.69) is 26.3 Å². The number of hydrogen-bond acceptors (Lipinski definition) is 2. The number of amides is 1. The van der Waals surface area contributed by atoms with E-state index in [-0.39, 0.29) is 5.91 Å². The van der Waals surface area contributed by atoms with Crippen molar-refractivity contribution in [2.24, 2.45) is 7.05 Å². The molecule has 0 saturated carbocycles. The first-order chi connectivity index (χ1) is 5.20. The second kappa shape index (κ2) is 2.07. The zero-order valence-electron chi connectivity index (χ0n) is 5.89. The largest absolute Gasteiger partial charge is 0.346 e. The van der Waals surface area contributed by atoms with Crippen molar-refractivity contribution in [2.75, 3.05) is 0 Å². The molecule has 1 aromatic heterocycles. The SMILES string of the molecule is Cn1nc2c(c1Br)CNC2=O. The number of rotatable bonds is 0.